The van der Waals surface area contributed by atoms with Crippen molar-refractivity contribution in [1.82, 2.24) is 0 Å². The Morgan fingerprint density at radius 1 is 0.778 bits per heavy atom. The number of alkyl halides is 2. The van der Waals surface area contributed by atoms with Crippen LogP contribution in [-0.4, -0.2) is 54.4 Å². The minimum atomic E-state index is -2.57. The molecule has 0 amide bonds. The van der Waals surface area contributed by atoms with E-state index in [4.69, 9.17) is 23.7 Å². The Morgan fingerprint density at radius 3 is 1.98 bits per heavy atom. The molecule has 1 aliphatic heterocycles. The second-order valence-electron chi connectivity index (χ2n) is 12.4. The number of ether oxygens (including phenoxy) is 5. The minimum Gasteiger partial charge on any atom is -0.455 e. The third-order valence-electron chi connectivity index (χ3n) is 9.02. The first-order valence-electron chi connectivity index (χ1n) is 15.1. The van der Waals surface area contributed by atoms with Crippen molar-refractivity contribution < 1.29 is 51.6 Å². The molecule has 0 aromatic heterocycles. The zero-order chi connectivity index (χ0) is 32.7. The molecule has 1 heterocycles. The molecule has 3 unspecified atom stereocenters. The van der Waals surface area contributed by atoms with Gasteiger partial charge in [0.1, 0.15) is 6.10 Å². The number of hydrogen-bond donors (Lipinski definition) is 0. The normalized spacial score (nSPS) is 29.9. The van der Waals surface area contributed by atoms with E-state index >= 15 is 0 Å². The van der Waals surface area contributed by atoms with Crippen LogP contribution in [0.1, 0.15) is 87.3 Å². The number of rotatable bonds is 8. The van der Waals surface area contributed by atoms with E-state index in [-0.39, 0.29) is 24.2 Å². The van der Waals surface area contributed by atoms with Crippen LogP contribution in [0.15, 0.2) is 42.5 Å². The monoisotopic (exact) mass is 628 g/mol. The molecule has 0 N–H and O–H groups in total. The summed E-state index contributed by atoms with van der Waals surface area (Å²) in [6.45, 7) is 6.59. The highest BCUT2D eigenvalue weighted by Crippen LogP contribution is 2.65. The molecular weight excluding hydrogens is 590 g/mol. The number of carbonyl (C=O) groups excluding carboxylic acids is 4. The second kappa shape index (κ2) is 12.5. The van der Waals surface area contributed by atoms with Crippen molar-refractivity contribution in [1.29, 1.82) is 0 Å². The summed E-state index contributed by atoms with van der Waals surface area (Å²) in [7, 11) is 0. The number of halogens is 2. The molecule has 2 aromatic rings. The fourth-order valence-corrected chi connectivity index (χ4v) is 6.85. The Bertz CT molecular complexity index is 1470. The number of esters is 4. The first-order chi connectivity index (χ1) is 21.2. The summed E-state index contributed by atoms with van der Waals surface area (Å²) in [6.07, 6.45) is -4.81. The van der Waals surface area contributed by atoms with Gasteiger partial charge in [-0.2, -0.15) is 0 Å². The highest BCUT2D eigenvalue weighted by atomic mass is 19.3. The summed E-state index contributed by atoms with van der Waals surface area (Å²) in [5.74, 6) is -5.44. The Labute approximate surface area is 260 Å². The van der Waals surface area contributed by atoms with Crippen LogP contribution in [0.3, 0.4) is 0 Å². The number of hydrogen-bond acceptors (Lipinski definition) is 9. The summed E-state index contributed by atoms with van der Waals surface area (Å²) in [6, 6.07) is 13.7. The summed E-state index contributed by atoms with van der Waals surface area (Å²) in [4.78, 5) is 48.3. The van der Waals surface area contributed by atoms with Crippen molar-refractivity contribution in [2.45, 2.75) is 109 Å². The van der Waals surface area contributed by atoms with E-state index in [1.54, 1.807) is 6.07 Å². The van der Waals surface area contributed by atoms with E-state index in [9.17, 15) is 28.0 Å². The van der Waals surface area contributed by atoms with Crippen LogP contribution in [0.2, 0.25) is 0 Å². The van der Waals surface area contributed by atoms with Crippen molar-refractivity contribution in [2.75, 3.05) is 0 Å². The first-order valence-corrected chi connectivity index (χ1v) is 15.1. The SMILES string of the molecule is CC(=O)OC1O[C@@H](c2ccc(C)c(Cc3ccc(C45CCC(F)(F)CC4C5)cc3)c2)[C@H](OC(C)=O)[C@@H](OC(C)=O)[C@@H]1OC(C)=O. The maximum Gasteiger partial charge on any atom is 0.305 e. The molecular formula is C34H38F2O9. The van der Waals surface area contributed by atoms with Gasteiger partial charge in [0, 0.05) is 40.5 Å². The van der Waals surface area contributed by atoms with Crippen LogP contribution < -0.4 is 0 Å². The van der Waals surface area contributed by atoms with Crippen LogP contribution >= 0.6 is 0 Å². The molecule has 1 saturated heterocycles. The van der Waals surface area contributed by atoms with Gasteiger partial charge in [0.15, 0.2) is 12.2 Å². The van der Waals surface area contributed by atoms with Crippen LogP contribution in [0.5, 0.6) is 0 Å². The van der Waals surface area contributed by atoms with Gasteiger partial charge in [-0.25, -0.2) is 8.78 Å². The van der Waals surface area contributed by atoms with E-state index in [1.165, 1.54) is 6.92 Å². The molecule has 2 aliphatic carbocycles. The average molecular weight is 629 g/mol. The molecule has 0 radical (unpaired) electrons. The number of carbonyl (C=O) groups is 4. The number of fused-ring (bicyclic) bond motifs is 1. The average Bonchev–Trinajstić information content (AvgIpc) is 3.66. The molecule has 2 saturated carbocycles. The van der Waals surface area contributed by atoms with Crippen LogP contribution in [0.4, 0.5) is 8.78 Å². The van der Waals surface area contributed by atoms with E-state index in [1.807, 2.05) is 43.3 Å². The molecule has 0 bridgehead atoms. The standard InChI is InChI=1S/C34H38F2O9/c1-18-6-9-24(15-25(18)14-23-7-10-26(11-8-23)33-12-13-34(35,36)17-27(33)16-33)28-29(41-19(2)37)30(42-20(3)38)31(43-21(4)39)32(45-28)44-22(5)40/h6-11,15,27-32H,12-14,16-17H2,1-5H3/t27?,28-,29-,30+,31-,32?,33?/m0/s1. The smallest absolute Gasteiger partial charge is 0.305 e. The van der Waals surface area contributed by atoms with Gasteiger partial charge < -0.3 is 23.7 Å². The van der Waals surface area contributed by atoms with Crippen LogP contribution in [0.25, 0.3) is 0 Å². The Hall–Kier alpha value is -3.86. The zero-order valence-electron chi connectivity index (χ0n) is 26.0. The summed E-state index contributed by atoms with van der Waals surface area (Å²) < 4.78 is 55.7. The predicted molar refractivity (Wildman–Crippen MR) is 155 cm³/mol. The molecule has 9 nitrogen and oxygen atoms in total. The summed E-state index contributed by atoms with van der Waals surface area (Å²) in [5.41, 5.74) is 4.44. The van der Waals surface area contributed by atoms with E-state index in [0.29, 0.717) is 18.4 Å². The molecule has 7 atom stereocenters. The third kappa shape index (κ3) is 7.19. The molecule has 11 heteroatoms. The predicted octanol–water partition coefficient (Wildman–Crippen LogP) is 5.42. The lowest BCUT2D eigenvalue weighted by molar-refractivity contribution is -0.298. The molecule has 242 valence electrons. The Balaban J connectivity index is 1.43. The third-order valence-corrected chi connectivity index (χ3v) is 9.02. The van der Waals surface area contributed by atoms with Gasteiger partial charge >= 0.3 is 23.9 Å². The molecule has 3 fully saturated rings. The van der Waals surface area contributed by atoms with Crippen molar-refractivity contribution in [3.63, 3.8) is 0 Å². The Kier molecular flexibility index (Phi) is 9.04. The summed E-state index contributed by atoms with van der Waals surface area (Å²) >= 11 is 0. The topological polar surface area (TPSA) is 114 Å². The van der Waals surface area contributed by atoms with Crippen LogP contribution in [-0.2, 0) is 54.7 Å². The first kappa shape index (κ1) is 32.5. The second-order valence-corrected chi connectivity index (χ2v) is 12.4. The van der Waals surface area contributed by atoms with Gasteiger partial charge in [0.2, 0.25) is 18.3 Å². The lowest BCUT2D eigenvalue weighted by atomic mass is 9.81. The van der Waals surface area contributed by atoms with Gasteiger partial charge in [0.05, 0.1) is 0 Å². The van der Waals surface area contributed by atoms with Crippen molar-refractivity contribution in [3.05, 3.63) is 70.3 Å². The zero-order valence-corrected chi connectivity index (χ0v) is 26.0. The lowest BCUT2D eigenvalue weighted by Gasteiger charge is -2.44. The van der Waals surface area contributed by atoms with Crippen LogP contribution in [0, 0.1) is 12.8 Å². The maximum absolute atomic E-state index is 13.9. The van der Waals surface area contributed by atoms with Gasteiger partial charge in [0.25, 0.3) is 0 Å². The molecule has 3 aliphatic rings. The molecule has 5 rings (SSSR count). The maximum atomic E-state index is 13.9. The summed E-state index contributed by atoms with van der Waals surface area (Å²) in [5, 5.41) is 0. The van der Waals surface area contributed by atoms with Crippen molar-refractivity contribution in [2.24, 2.45) is 5.92 Å². The van der Waals surface area contributed by atoms with Crippen molar-refractivity contribution in [3.8, 4) is 0 Å². The number of aryl methyl sites for hydroxylation is 1. The Morgan fingerprint density at radius 2 is 1.38 bits per heavy atom. The minimum absolute atomic E-state index is 0.0266. The van der Waals surface area contributed by atoms with Gasteiger partial charge in [-0.05, 0) is 65.3 Å². The largest absolute Gasteiger partial charge is 0.455 e. The highest BCUT2D eigenvalue weighted by Gasteiger charge is 2.61. The van der Waals surface area contributed by atoms with Gasteiger partial charge in [-0.3, -0.25) is 19.2 Å². The van der Waals surface area contributed by atoms with E-state index in [0.717, 1.165) is 49.4 Å². The fourth-order valence-electron chi connectivity index (χ4n) is 6.85. The van der Waals surface area contributed by atoms with E-state index in [2.05, 4.69) is 0 Å². The number of benzene rings is 2. The van der Waals surface area contributed by atoms with E-state index < -0.39 is 60.5 Å². The molecule has 0 spiro atoms. The van der Waals surface area contributed by atoms with Gasteiger partial charge in [-0.1, -0.05) is 42.5 Å². The highest BCUT2D eigenvalue weighted by molar-refractivity contribution is 5.69. The fraction of sp³-hybridized carbons (Fsp3) is 0.529. The quantitative estimate of drug-likeness (QED) is 0.279. The lowest BCUT2D eigenvalue weighted by Crippen LogP contribution is -2.59. The molecule has 45 heavy (non-hydrogen) atoms. The van der Waals surface area contributed by atoms with Gasteiger partial charge in [-0.15, -0.1) is 0 Å². The van der Waals surface area contributed by atoms with Crippen molar-refractivity contribution >= 4 is 23.9 Å². The molecule has 2 aromatic carbocycles.